The molecule has 1 aromatic rings. The van der Waals surface area contributed by atoms with Crippen molar-refractivity contribution in [2.45, 2.75) is 37.7 Å². The Balaban J connectivity index is 1.90. The van der Waals surface area contributed by atoms with Gasteiger partial charge in [-0.05, 0) is 25.3 Å². The van der Waals surface area contributed by atoms with Crippen LogP contribution in [0.5, 0.6) is 0 Å². The summed E-state index contributed by atoms with van der Waals surface area (Å²) in [6.07, 6.45) is 6.19. The molecule has 1 amide bonds. The second-order valence-corrected chi connectivity index (χ2v) is 5.25. The van der Waals surface area contributed by atoms with Crippen LogP contribution in [-0.4, -0.2) is 44.9 Å². The molecule has 0 atom stereocenters. The smallest absolute Gasteiger partial charge is 0.271 e. The highest BCUT2D eigenvalue weighted by Gasteiger charge is 2.31. The first-order chi connectivity index (χ1) is 8.52. The van der Waals surface area contributed by atoms with Crippen molar-refractivity contribution in [3.8, 4) is 0 Å². The van der Waals surface area contributed by atoms with Crippen molar-refractivity contribution in [2.24, 2.45) is 7.05 Å². The Labute approximate surface area is 107 Å². The fraction of sp³-hybridized carbons (Fsp3) is 0.692. The number of aliphatic hydroxyl groups is 1. The topological polar surface area (TPSA) is 58.4 Å². The van der Waals surface area contributed by atoms with Gasteiger partial charge in [-0.15, -0.1) is 0 Å². The van der Waals surface area contributed by atoms with Gasteiger partial charge in [0.25, 0.3) is 5.91 Å². The SMILES string of the molecule is CN(CCC1(O)CCCC1)C(=O)c1ccnn1C. The molecule has 100 valence electrons. The molecule has 0 radical (unpaired) electrons. The van der Waals surface area contributed by atoms with Crippen LogP contribution < -0.4 is 0 Å². The fourth-order valence-electron chi connectivity index (χ4n) is 2.54. The monoisotopic (exact) mass is 251 g/mol. The summed E-state index contributed by atoms with van der Waals surface area (Å²) >= 11 is 0. The van der Waals surface area contributed by atoms with Gasteiger partial charge in [-0.2, -0.15) is 5.10 Å². The number of carbonyl (C=O) groups is 1. The van der Waals surface area contributed by atoms with Crippen molar-refractivity contribution >= 4 is 5.91 Å². The summed E-state index contributed by atoms with van der Waals surface area (Å²) in [6.45, 7) is 0.584. The van der Waals surface area contributed by atoms with Gasteiger partial charge < -0.3 is 10.0 Å². The molecule has 1 aliphatic rings. The Morgan fingerprint density at radius 3 is 2.78 bits per heavy atom. The fourth-order valence-corrected chi connectivity index (χ4v) is 2.54. The van der Waals surface area contributed by atoms with E-state index in [0.29, 0.717) is 18.7 Å². The minimum Gasteiger partial charge on any atom is -0.390 e. The Hall–Kier alpha value is -1.36. The first-order valence-corrected chi connectivity index (χ1v) is 6.48. The van der Waals surface area contributed by atoms with Gasteiger partial charge in [-0.3, -0.25) is 9.48 Å². The van der Waals surface area contributed by atoms with E-state index in [9.17, 15) is 9.90 Å². The van der Waals surface area contributed by atoms with E-state index in [2.05, 4.69) is 5.10 Å². The third kappa shape index (κ3) is 2.72. The van der Waals surface area contributed by atoms with Crippen molar-refractivity contribution in [2.75, 3.05) is 13.6 Å². The second kappa shape index (κ2) is 5.10. The molecule has 0 aromatic carbocycles. The highest BCUT2D eigenvalue weighted by Crippen LogP contribution is 2.32. The van der Waals surface area contributed by atoms with E-state index in [4.69, 9.17) is 0 Å². The highest BCUT2D eigenvalue weighted by molar-refractivity contribution is 5.92. The van der Waals surface area contributed by atoms with Gasteiger partial charge in [-0.1, -0.05) is 12.8 Å². The standard InChI is InChI=1S/C13H21N3O2/c1-15(10-8-13(18)6-3-4-7-13)12(17)11-5-9-14-16(11)2/h5,9,18H,3-4,6-8,10H2,1-2H3. The largest absolute Gasteiger partial charge is 0.390 e. The molecule has 1 aliphatic carbocycles. The molecule has 1 fully saturated rings. The normalized spacial score (nSPS) is 17.9. The summed E-state index contributed by atoms with van der Waals surface area (Å²) in [5.41, 5.74) is 0.0250. The number of amides is 1. The van der Waals surface area contributed by atoms with Crippen LogP contribution >= 0.6 is 0 Å². The molecular formula is C13H21N3O2. The number of hydrogen-bond donors (Lipinski definition) is 1. The maximum absolute atomic E-state index is 12.1. The minimum atomic E-state index is -0.555. The minimum absolute atomic E-state index is 0.0448. The van der Waals surface area contributed by atoms with E-state index in [0.717, 1.165) is 25.7 Å². The molecule has 5 heteroatoms. The summed E-state index contributed by atoms with van der Waals surface area (Å²) in [4.78, 5) is 13.8. The lowest BCUT2D eigenvalue weighted by molar-refractivity contribution is 0.0294. The third-order valence-electron chi connectivity index (χ3n) is 3.83. The molecular weight excluding hydrogens is 230 g/mol. The summed E-state index contributed by atoms with van der Waals surface area (Å²) in [6, 6.07) is 1.71. The molecule has 0 unspecified atom stereocenters. The van der Waals surface area contributed by atoms with Gasteiger partial charge in [0, 0.05) is 26.8 Å². The van der Waals surface area contributed by atoms with Gasteiger partial charge in [0.15, 0.2) is 0 Å². The Morgan fingerprint density at radius 2 is 2.22 bits per heavy atom. The van der Waals surface area contributed by atoms with E-state index < -0.39 is 5.60 Å². The van der Waals surface area contributed by atoms with E-state index in [1.165, 1.54) is 0 Å². The average molecular weight is 251 g/mol. The summed E-state index contributed by atoms with van der Waals surface area (Å²) < 4.78 is 1.57. The van der Waals surface area contributed by atoms with E-state index in [-0.39, 0.29) is 5.91 Å². The number of hydrogen-bond acceptors (Lipinski definition) is 3. The number of rotatable bonds is 4. The predicted octanol–water partition coefficient (Wildman–Crippen LogP) is 1.19. The molecule has 1 heterocycles. The summed E-state index contributed by atoms with van der Waals surface area (Å²) in [5.74, 6) is -0.0448. The summed E-state index contributed by atoms with van der Waals surface area (Å²) in [7, 11) is 3.53. The Morgan fingerprint density at radius 1 is 1.56 bits per heavy atom. The maximum atomic E-state index is 12.1. The molecule has 1 saturated carbocycles. The van der Waals surface area contributed by atoms with Crippen LogP contribution in [0.1, 0.15) is 42.6 Å². The third-order valence-corrected chi connectivity index (χ3v) is 3.83. The molecule has 5 nitrogen and oxygen atoms in total. The number of aryl methyl sites for hydroxylation is 1. The van der Waals surface area contributed by atoms with E-state index in [1.54, 1.807) is 35.9 Å². The lowest BCUT2D eigenvalue weighted by Gasteiger charge is -2.25. The van der Waals surface area contributed by atoms with Crippen LogP contribution in [0.3, 0.4) is 0 Å². The van der Waals surface area contributed by atoms with Crippen molar-refractivity contribution < 1.29 is 9.90 Å². The van der Waals surface area contributed by atoms with Gasteiger partial charge in [0.2, 0.25) is 0 Å². The molecule has 1 aromatic heterocycles. The molecule has 0 spiro atoms. The van der Waals surface area contributed by atoms with Crippen LogP contribution in [0.15, 0.2) is 12.3 Å². The zero-order valence-electron chi connectivity index (χ0n) is 11.1. The molecule has 0 bridgehead atoms. The van der Waals surface area contributed by atoms with Crippen LogP contribution in [-0.2, 0) is 7.05 Å². The quantitative estimate of drug-likeness (QED) is 0.874. The molecule has 2 rings (SSSR count). The van der Waals surface area contributed by atoms with Gasteiger partial charge in [-0.25, -0.2) is 0 Å². The first kappa shape index (κ1) is 13.1. The lowest BCUT2D eigenvalue weighted by atomic mass is 9.98. The average Bonchev–Trinajstić information content (AvgIpc) is 2.95. The first-order valence-electron chi connectivity index (χ1n) is 6.48. The summed E-state index contributed by atoms with van der Waals surface area (Å²) in [5, 5.41) is 14.2. The van der Waals surface area contributed by atoms with Crippen molar-refractivity contribution in [1.29, 1.82) is 0 Å². The zero-order valence-corrected chi connectivity index (χ0v) is 11.1. The molecule has 0 aliphatic heterocycles. The van der Waals surface area contributed by atoms with Crippen LogP contribution in [0.2, 0.25) is 0 Å². The number of aromatic nitrogens is 2. The van der Waals surface area contributed by atoms with Crippen LogP contribution in [0.4, 0.5) is 0 Å². The lowest BCUT2D eigenvalue weighted by Crippen LogP contribution is -2.35. The van der Waals surface area contributed by atoms with E-state index in [1.807, 2.05) is 0 Å². The van der Waals surface area contributed by atoms with Gasteiger partial charge in [0.1, 0.15) is 5.69 Å². The van der Waals surface area contributed by atoms with Crippen LogP contribution in [0, 0.1) is 0 Å². The van der Waals surface area contributed by atoms with Crippen molar-refractivity contribution in [3.63, 3.8) is 0 Å². The van der Waals surface area contributed by atoms with Crippen LogP contribution in [0.25, 0.3) is 0 Å². The maximum Gasteiger partial charge on any atom is 0.271 e. The van der Waals surface area contributed by atoms with Crippen molar-refractivity contribution in [1.82, 2.24) is 14.7 Å². The highest BCUT2D eigenvalue weighted by atomic mass is 16.3. The second-order valence-electron chi connectivity index (χ2n) is 5.25. The number of nitrogens with zero attached hydrogens (tertiary/aromatic N) is 3. The van der Waals surface area contributed by atoms with Gasteiger partial charge in [0.05, 0.1) is 5.60 Å². The van der Waals surface area contributed by atoms with E-state index >= 15 is 0 Å². The Bertz CT molecular complexity index is 422. The molecule has 1 N–H and O–H groups in total. The molecule has 18 heavy (non-hydrogen) atoms. The zero-order chi connectivity index (χ0) is 13.2. The number of carbonyl (C=O) groups excluding carboxylic acids is 1. The predicted molar refractivity (Wildman–Crippen MR) is 68.2 cm³/mol. The molecule has 0 saturated heterocycles. The Kier molecular flexibility index (Phi) is 3.71. The van der Waals surface area contributed by atoms with Crippen molar-refractivity contribution in [3.05, 3.63) is 18.0 Å². The van der Waals surface area contributed by atoms with Gasteiger partial charge >= 0.3 is 0 Å².